The Morgan fingerprint density at radius 3 is 2.58 bits per heavy atom. The second-order valence-corrected chi connectivity index (χ2v) is 3.84. The highest BCUT2D eigenvalue weighted by molar-refractivity contribution is 5.42. The molecule has 0 aliphatic rings. The van der Waals surface area contributed by atoms with E-state index in [1.807, 2.05) is 0 Å². The maximum atomic E-state index is 12.6. The second-order valence-electron chi connectivity index (χ2n) is 3.84. The van der Waals surface area contributed by atoms with Gasteiger partial charge in [-0.2, -0.15) is 18.2 Å². The number of alkyl halides is 3. The highest BCUT2D eigenvalue weighted by atomic mass is 19.4. The van der Waals surface area contributed by atoms with Gasteiger partial charge >= 0.3 is 6.18 Å². The van der Waals surface area contributed by atoms with Crippen LogP contribution in [0.2, 0.25) is 0 Å². The van der Waals surface area contributed by atoms with E-state index in [1.54, 1.807) is 7.11 Å². The minimum atomic E-state index is -4.49. The lowest BCUT2D eigenvalue weighted by atomic mass is 10.3. The minimum absolute atomic E-state index is 0.0609. The molecule has 0 radical (unpaired) electrons. The molecule has 2 N–H and O–H groups in total. The molecule has 0 spiro atoms. The number of hydrogen-bond donors (Lipinski definition) is 2. The molecule has 5 nitrogen and oxygen atoms in total. The van der Waals surface area contributed by atoms with Gasteiger partial charge in [0.05, 0.1) is 0 Å². The van der Waals surface area contributed by atoms with Gasteiger partial charge in [0.15, 0.2) is 5.69 Å². The molecule has 0 atom stereocenters. The van der Waals surface area contributed by atoms with Gasteiger partial charge in [-0.15, -0.1) is 0 Å². The monoisotopic (exact) mass is 278 g/mol. The first kappa shape index (κ1) is 15.5. The van der Waals surface area contributed by atoms with Crippen molar-refractivity contribution < 1.29 is 17.9 Å². The largest absolute Gasteiger partial charge is 0.433 e. The van der Waals surface area contributed by atoms with E-state index in [9.17, 15) is 13.2 Å². The summed E-state index contributed by atoms with van der Waals surface area (Å²) >= 11 is 0. The van der Waals surface area contributed by atoms with Crippen molar-refractivity contribution in [3.05, 3.63) is 11.8 Å². The Morgan fingerprint density at radius 1 is 1.26 bits per heavy atom. The quantitative estimate of drug-likeness (QED) is 0.750. The van der Waals surface area contributed by atoms with Gasteiger partial charge in [-0.05, 0) is 12.8 Å². The lowest BCUT2D eigenvalue weighted by molar-refractivity contribution is -0.141. The third kappa shape index (κ3) is 5.29. The van der Waals surface area contributed by atoms with Crippen LogP contribution in [0.5, 0.6) is 0 Å². The van der Waals surface area contributed by atoms with Crippen molar-refractivity contribution >= 4 is 11.8 Å². The summed E-state index contributed by atoms with van der Waals surface area (Å²) in [6, 6.07) is 0.900. The molecule has 1 aromatic rings. The molecule has 1 aromatic heterocycles. The highest BCUT2D eigenvalue weighted by Crippen LogP contribution is 2.29. The van der Waals surface area contributed by atoms with E-state index in [-0.39, 0.29) is 11.8 Å². The van der Waals surface area contributed by atoms with Crippen molar-refractivity contribution in [2.24, 2.45) is 0 Å². The van der Waals surface area contributed by atoms with Gasteiger partial charge in [0, 0.05) is 33.4 Å². The lowest BCUT2D eigenvalue weighted by Crippen LogP contribution is -2.13. The van der Waals surface area contributed by atoms with Crippen LogP contribution < -0.4 is 10.6 Å². The van der Waals surface area contributed by atoms with E-state index in [4.69, 9.17) is 4.74 Å². The summed E-state index contributed by atoms with van der Waals surface area (Å²) in [5.74, 6) is 0.0957. The number of halogens is 3. The maximum absolute atomic E-state index is 12.6. The van der Waals surface area contributed by atoms with Gasteiger partial charge in [-0.3, -0.25) is 0 Å². The number of anilines is 2. The van der Waals surface area contributed by atoms with Gasteiger partial charge in [-0.1, -0.05) is 0 Å². The summed E-state index contributed by atoms with van der Waals surface area (Å²) in [7, 11) is 3.07. The van der Waals surface area contributed by atoms with Crippen LogP contribution in [-0.2, 0) is 10.9 Å². The first-order chi connectivity index (χ1) is 8.97. The number of rotatable bonds is 7. The van der Waals surface area contributed by atoms with Gasteiger partial charge in [0.25, 0.3) is 0 Å². The molecule has 0 amide bonds. The van der Waals surface area contributed by atoms with Crippen molar-refractivity contribution in [1.29, 1.82) is 0 Å². The summed E-state index contributed by atoms with van der Waals surface area (Å²) < 4.78 is 42.7. The first-order valence-corrected chi connectivity index (χ1v) is 5.84. The first-order valence-electron chi connectivity index (χ1n) is 5.84. The van der Waals surface area contributed by atoms with Crippen LogP contribution in [-0.4, -0.2) is 37.3 Å². The molecular weight excluding hydrogens is 261 g/mol. The number of nitrogens with zero attached hydrogens (tertiary/aromatic N) is 2. The minimum Gasteiger partial charge on any atom is -0.385 e. The predicted octanol–water partition coefficient (Wildman–Crippen LogP) is 2.38. The summed E-state index contributed by atoms with van der Waals surface area (Å²) in [6.07, 6.45) is -2.87. The van der Waals surface area contributed by atoms with E-state index >= 15 is 0 Å². The zero-order valence-electron chi connectivity index (χ0n) is 10.8. The molecule has 0 aromatic carbocycles. The Bertz CT molecular complexity index is 398. The zero-order valence-corrected chi connectivity index (χ0v) is 10.8. The number of nitrogens with one attached hydrogen (secondary N) is 2. The fourth-order valence-electron chi connectivity index (χ4n) is 1.38. The Balaban J connectivity index is 2.67. The zero-order chi connectivity index (χ0) is 14.3. The van der Waals surface area contributed by atoms with Crippen LogP contribution in [0, 0.1) is 0 Å². The summed E-state index contributed by atoms with van der Waals surface area (Å²) in [6.45, 7) is 1.15. The van der Waals surface area contributed by atoms with Crippen LogP contribution in [0.25, 0.3) is 0 Å². The Kier molecular flexibility index (Phi) is 5.81. The van der Waals surface area contributed by atoms with Crippen molar-refractivity contribution in [3.8, 4) is 0 Å². The summed E-state index contributed by atoms with van der Waals surface area (Å²) in [5, 5.41) is 5.35. The van der Waals surface area contributed by atoms with E-state index in [0.717, 1.165) is 18.9 Å². The van der Waals surface area contributed by atoms with Crippen molar-refractivity contribution in [2.75, 3.05) is 37.9 Å². The van der Waals surface area contributed by atoms with Gasteiger partial charge in [-0.25, -0.2) is 4.98 Å². The number of ether oxygens (including phenoxy) is 1. The van der Waals surface area contributed by atoms with Gasteiger partial charge in [0.2, 0.25) is 5.95 Å². The van der Waals surface area contributed by atoms with E-state index in [2.05, 4.69) is 20.6 Å². The van der Waals surface area contributed by atoms with Gasteiger partial charge < -0.3 is 15.4 Å². The van der Waals surface area contributed by atoms with Crippen molar-refractivity contribution in [3.63, 3.8) is 0 Å². The molecule has 1 heterocycles. The third-order valence-corrected chi connectivity index (χ3v) is 2.32. The summed E-state index contributed by atoms with van der Waals surface area (Å²) in [4.78, 5) is 7.29. The maximum Gasteiger partial charge on any atom is 0.433 e. The topological polar surface area (TPSA) is 59.1 Å². The predicted molar refractivity (Wildman–Crippen MR) is 66.2 cm³/mol. The SMILES string of the molecule is CNc1nc(NCCCCOC)cc(C(F)(F)F)n1. The fourth-order valence-corrected chi connectivity index (χ4v) is 1.38. The van der Waals surface area contributed by atoms with E-state index in [1.165, 1.54) is 7.05 Å². The average Bonchev–Trinajstić information content (AvgIpc) is 2.37. The van der Waals surface area contributed by atoms with E-state index < -0.39 is 11.9 Å². The molecular formula is C11H17F3N4O. The molecule has 0 fully saturated rings. The number of aromatic nitrogens is 2. The second kappa shape index (κ2) is 7.13. The van der Waals surface area contributed by atoms with Crippen molar-refractivity contribution in [1.82, 2.24) is 9.97 Å². The van der Waals surface area contributed by atoms with Crippen LogP contribution >= 0.6 is 0 Å². The molecule has 0 bridgehead atoms. The molecule has 0 saturated heterocycles. The van der Waals surface area contributed by atoms with Gasteiger partial charge in [0.1, 0.15) is 5.82 Å². The summed E-state index contributed by atoms with van der Waals surface area (Å²) in [5.41, 5.74) is -0.966. The molecule has 0 aliphatic carbocycles. The Hall–Kier alpha value is -1.57. The third-order valence-electron chi connectivity index (χ3n) is 2.32. The molecule has 0 saturated carbocycles. The molecule has 8 heteroatoms. The molecule has 0 unspecified atom stereocenters. The molecule has 1 rings (SSSR count). The van der Waals surface area contributed by atoms with Crippen LogP contribution in [0.4, 0.5) is 24.9 Å². The smallest absolute Gasteiger partial charge is 0.385 e. The number of methoxy groups -OCH3 is 1. The Morgan fingerprint density at radius 2 is 2.00 bits per heavy atom. The molecule has 0 aliphatic heterocycles. The Labute approximate surface area is 109 Å². The average molecular weight is 278 g/mol. The van der Waals surface area contributed by atoms with Crippen LogP contribution in [0.15, 0.2) is 6.07 Å². The molecule has 108 valence electrons. The normalized spacial score (nSPS) is 11.4. The van der Waals surface area contributed by atoms with Crippen molar-refractivity contribution in [2.45, 2.75) is 19.0 Å². The molecule has 19 heavy (non-hydrogen) atoms. The highest BCUT2D eigenvalue weighted by Gasteiger charge is 2.33. The number of unbranched alkanes of at least 4 members (excludes halogenated alkanes) is 1. The fraction of sp³-hybridized carbons (Fsp3) is 0.636. The van der Waals surface area contributed by atoms with E-state index in [0.29, 0.717) is 13.2 Å². The standard InChI is InChI=1S/C11H17F3N4O/c1-15-10-17-8(11(12,13)14)7-9(18-10)16-5-3-4-6-19-2/h7H,3-6H2,1-2H3,(H2,15,16,17,18). The number of hydrogen-bond acceptors (Lipinski definition) is 5. The lowest BCUT2D eigenvalue weighted by Gasteiger charge is -2.11. The van der Waals surface area contributed by atoms with Crippen LogP contribution in [0.1, 0.15) is 18.5 Å². The van der Waals surface area contributed by atoms with Crippen LogP contribution in [0.3, 0.4) is 0 Å².